The standard InChI is InChI=1S/B.O3/c;1-3-2. The summed E-state index contributed by atoms with van der Waals surface area (Å²) in [6, 6.07) is 0. The van der Waals surface area contributed by atoms with E-state index in [9.17, 15) is 0 Å². The third-order valence-corrected chi connectivity index (χ3v) is 0. The fourth-order valence-electron chi connectivity index (χ4n) is 0. The molecular weight excluding hydrogens is 58.8 g/mol. The molecule has 0 N–H and O–H groups in total. The molecule has 0 aliphatic carbocycles. The molecule has 3 nitrogen and oxygen atoms in total. The number of rotatable bonds is 0. The van der Waals surface area contributed by atoms with E-state index >= 15 is 0 Å². The average Bonchev–Trinajstić information content (AvgIpc) is 0.918. The molecule has 0 aromatic rings. The lowest BCUT2D eigenvalue weighted by Crippen LogP contribution is -1.82. The zero-order valence-corrected chi connectivity index (χ0v) is 1.80. The summed E-state index contributed by atoms with van der Waals surface area (Å²) in [6.07, 6.45) is 0. The molecule has 0 unspecified atom stereocenters. The first kappa shape index (κ1) is 9.81. The Labute approximate surface area is 24.7 Å². The minimum absolute atomic E-state index is 0. The summed E-state index contributed by atoms with van der Waals surface area (Å²) in [5, 5.41) is 7.88. The molecule has 0 spiro atoms. The monoisotopic (exact) mass is 59.0 g/mol. The quantitative estimate of drug-likeness (QED) is 0.147. The predicted octanol–water partition coefficient (Wildman–Crippen LogP) is -1.50. The molecule has 0 amide bonds. The lowest BCUT2D eigenvalue weighted by Gasteiger charge is -1.19. The maximum absolute atomic E-state index is 7.88. The Morgan fingerprint density at radius 2 is 1.75 bits per heavy atom. The van der Waals surface area contributed by atoms with E-state index in [2.05, 4.69) is 0 Å². The molecule has 0 aromatic carbocycles. The molecule has 0 rings (SSSR count). The molecule has 0 saturated heterocycles. The van der Waals surface area contributed by atoms with Gasteiger partial charge in [-0.1, -0.05) is 10.2 Å². The molecule has 0 aromatic heterocycles. The molecule has 0 saturated carbocycles. The molecule has 0 aliphatic rings. The molecule has 0 heterocycles. The van der Waals surface area contributed by atoms with Crippen molar-refractivity contribution in [2.45, 2.75) is 0 Å². The summed E-state index contributed by atoms with van der Waals surface area (Å²) in [4.78, 5) is 7.88. The van der Waals surface area contributed by atoms with Crippen molar-refractivity contribution in [2.75, 3.05) is 0 Å². The van der Waals surface area contributed by atoms with Crippen LogP contribution >= 0.6 is 0 Å². The van der Waals surface area contributed by atoms with Gasteiger partial charge in [0.05, 0.1) is 0 Å². The predicted molar refractivity (Wildman–Crippen MR) is 12.5 cm³/mol. The van der Waals surface area contributed by atoms with Gasteiger partial charge in [0.1, 0.15) is 0 Å². The van der Waals surface area contributed by atoms with E-state index in [0.29, 0.717) is 0 Å². The summed E-state index contributed by atoms with van der Waals surface area (Å²) < 4.78 is 1.75. The molecular formula is BO3. The minimum atomic E-state index is 0. The van der Waals surface area contributed by atoms with Crippen molar-refractivity contribution in [2.24, 2.45) is 0 Å². The lowest BCUT2D eigenvalue weighted by atomic mass is 10.8. The lowest BCUT2D eigenvalue weighted by molar-refractivity contribution is -0.284. The Kier molecular flexibility index (Phi) is 60.0. The molecule has 21 valence electrons. The summed E-state index contributed by atoms with van der Waals surface area (Å²) >= 11 is 0. The van der Waals surface area contributed by atoms with Crippen molar-refractivity contribution in [1.29, 1.82) is 0 Å². The van der Waals surface area contributed by atoms with Crippen LogP contribution in [-0.2, 0) is 0 Å². The van der Waals surface area contributed by atoms with Crippen LogP contribution in [0.25, 0.3) is 0 Å². The van der Waals surface area contributed by atoms with E-state index in [1.807, 2.05) is 0 Å². The normalized spacial score (nSPS) is 3.00. The maximum Gasteiger partial charge on any atom is 0.154 e. The highest BCUT2D eigenvalue weighted by Gasteiger charge is 1.27. The Morgan fingerprint density at radius 1 is 1.75 bits per heavy atom. The van der Waals surface area contributed by atoms with E-state index in [0.717, 1.165) is 0 Å². The van der Waals surface area contributed by atoms with Crippen molar-refractivity contribution in [1.82, 2.24) is 0 Å². The van der Waals surface area contributed by atoms with Gasteiger partial charge in [-0.3, -0.25) is 0 Å². The minimum Gasteiger partial charge on any atom is -0.0772 e. The van der Waals surface area contributed by atoms with Gasteiger partial charge in [0, 0.05) is 8.41 Å². The molecule has 3 radical (unpaired) electrons. The van der Waals surface area contributed by atoms with Crippen molar-refractivity contribution < 1.29 is 5.26 Å². The number of hydrogen-bond donors (Lipinski definition) is 0. The van der Waals surface area contributed by atoms with Crippen LogP contribution in [0.1, 0.15) is 0 Å². The molecule has 0 fully saturated rings. The van der Waals surface area contributed by atoms with Crippen molar-refractivity contribution in [3.63, 3.8) is 0 Å². The third-order valence-electron chi connectivity index (χ3n) is 0. The third kappa shape index (κ3) is 1.11. The summed E-state index contributed by atoms with van der Waals surface area (Å²) in [5.74, 6) is 0. The van der Waals surface area contributed by atoms with Crippen molar-refractivity contribution >= 4 is 8.41 Å². The average molecular weight is 58.8 g/mol. The molecule has 0 bridgehead atoms. The zero-order valence-electron chi connectivity index (χ0n) is 1.80. The van der Waals surface area contributed by atoms with Gasteiger partial charge in [-0.15, -0.1) is 0 Å². The summed E-state index contributed by atoms with van der Waals surface area (Å²) in [5.41, 5.74) is 0. The van der Waals surface area contributed by atoms with Crippen LogP contribution < -0.4 is 5.26 Å². The second-order valence-electron chi connectivity index (χ2n) is 0.0680. The van der Waals surface area contributed by atoms with Crippen molar-refractivity contribution in [3.05, 3.63) is 9.71 Å². The molecule has 0 aliphatic heterocycles. The van der Waals surface area contributed by atoms with E-state index < -0.39 is 0 Å². The Morgan fingerprint density at radius 3 is 1.75 bits per heavy atom. The molecule has 0 atom stereocenters. The SMILES string of the molecule is O=[O+][O-].[B]. The first-order valence-corrected chi connectivity index (χ1v) is 0.333. The largest absolute Gasteiger partial charge is 0.154 e. The fourth-order valence-corrected chi connectivity index (χ4v) is 0. The highest BCUT2D eigenvalue weighted by atomic mass is 17.2. The Bertz CT molecular complexity index is 10.8. The van der Waals surface area contributed by atoms with Crippen LogP contribution in [0.3, 0.4) is 0 Å². The van der Waals surface area contributed by atoms with Gasteiger partial charge in [-0.25, -0.2) is 0 Å². The van der Waals surface area contributed by atoms with Crippen LogP contribution in [-0.4, -0.2) is 8.41 Å². The molecule has 4 heteroatoms. The second-order valence-corrected chi connectivity index (χ2v) is 0.0680. The van der Waals surface area contributed by atoms with Gasteiger partial charge in [-0.2, -0.15) is 0 Å². The Balaban J connectivity index is 0. The van der Waals surface area contributed by atoms with Gasteiger partial charge in [0.25, 0.3) is 0 Å². The van der Waals surface area contributed by atoms with E-state index in [1.54, 1.807) is 4.75 Å². The summed E-state index contributed by atoms with van der Waals surface area (Å²) in [6.45, 7) is 0. The van der Waals surface area contributed by atoms with Gasteiger partial charge < -0.3 is 0 Å². The van der Waals surface area contributed by atoms with E-state index in [1.165, 1.54) is 0 Å². The van der Waals surface area contributed by atoms with Gasteiger partial charge >= 0.3 is 0 Å². The first-order valence-electron chi connectivity index (χ1n) is 0.333. The summed E-state index contributed by atoms with van der Waals surface area (Å²) in [7, 11) is 0. The smallest absolute Gasteiger partial charge is 0.0772 e. The highest BCUT2D eigenvalue weighted by Crippen LogP contribution is 1.00. The van der Waals surface area contributed by atoms with Crippen LogP contribution in [0.15, 0.2) is 0 Å². The van der Waals surface area contributed by atoms with Crippen LogP contribution in [0.5, 0.6) is 0 Å². The number of hydrogen-bond acceptors (Lipinski definition) is 2. The second kappa shape index (κ2) is 24.5. The van der Waals surface area contributed by atoms with E-state index in [-0.39, 0.29) is 8.41 Å². The van der Waals surface area contributed by atoms with Gasteiger partial charge in [0.15, 0.2) is 4.75 Å². The van der Waals surface area contributed by atoms with Crippen molar-refractivity contribution in [3.8, 4) is 0 Å². The van der Waals surface area contributed by atoms with Crippen LogP contribution in [0.4, 0.5) is 0 Å². The fraction of sp³-hybridized carbons (Fsp3) is 0. The first-order chi connectivity index (χ1) is 1.41. The topological polar surface area (TPSA) is 51.4 Å². The van der Waals surface area contributed by atoms with Crippen LogP contribution in [0.2, 0.25) is 0 Å². The van der Waals surface area contributed by atoms with Crippen LogP contribution in [0, 0.1) is 9.71 Å². The van der Waals surface area contributed by atoms with Gasteiger partial charge in [0.2, 0.25) is 0 Å². The highest BCUT2D eigenvalue weighted by molar-refractivity contribution is 5.75. The maximum atomic E-state index is 7.88. The zero-order chi connectivity index (χ0) is 2.71. The molecule has 4 heavy (non-hydrogen) atoms. The van der Waals surface area contributed by atoms with E-state index in [4.69, 9.17) is 10.2 Å². The Hall–Kier alpha value is -0.535. The van der Waals surface area contributed by atoms with Gasteiger partial charge in [-0.05, 0) is 0 Å².